The molecule has 3 saturated carbocycles. The summed E-state index contributed by atoms with van der Waals surface area (Å²) in [5.74, 6) is 4.63. The molecule has 0 radical (unpaired) electrons. The zero-order valence-corrected chi connectivity index (χ0v) is 32.1. The summed E-state index contributed by atoms with van der Waals surface area (Å²) >= 11 is 0. The maximum Gasteiger partial charge on any atom is 0.510 e. The van der Waals surface area contributed by atoms with Crippen LogP contribution < -0.4 is 0 Å². The molecule has 11 heteroatoms. The minimum absolute atomic E-state index is 0.0669. The van der Waals surface area contributed by atoms with Crippen LogP contribution in [0.25, 0.3) is 0 Å². The number of carbonyl (C=O) groups excluding carboxylic acids is 3. The molecule has 0 aliphatic heterocycles. The second-order valence-electron chi connectivity index (χ2n) is 15.9. The molecule has 49 heavy (non-hydrogen) atoms. The molecule has 0 aromatic rings. The number of aliphatic hydroxyl groups is 3. The van der Waals surface area contributed by atoms with Crippen molar-refractivity contribution in [2.75, 3.05) is 20.0 Å². The number of rotatable bonds is 10. The molecule has 0 saturated heterocycles. The fourth-order valence-electron chi connectivity index (χ4n) is 7.55. The molecule has 3 rings (SSSR count). The van der Waals surface area contributed by atoms with Gasteiger partial charge in [-0.15, -0.1) is 0 Å². The normalized spacial score (nSPS) is 30.6. The molecule has 11 nitrogen and oxygen atoms in total. The highest BCUT2D eigenvalue weighted by molar-refractivity contribution is 5.66. The molecule has 1 unspecified atom stereocenters. The summed E-state index contributed by atoms with van der Waals surface area (Å²) in [6.07, 6.45) is 7.23. The van der Waals surface area contributed by atoms with Gasteiger partial charge in [0.05, 0.1) is 6.61 Å². The topological polar surface area (TPSA) is 158 Å². The van der Waals surface area contributed by atoms with E-state index in [2.05, 4.69) is 67.1 Å². The molecule has 3 aliphatic carbocycles. The van der Waals surface area contributed by atoms with Crippen LogP contribution in [0.4, 0.5) is 9.59 Å². The van der Waals surface area contributed by atoms with Crippen LogP contribution in [0.5, 0.6) is 0 Å². The lowest BCUT2D eigenvalue weighted by Gasteiger charge is -2.36. The van der Waals surface area contributed by atoms with Gasteiger partial charge in [0.25, 0.3) is 0 Å². The van der Waals surface area contributed by atoms with Gasteiger partial charge in [-0.25, -0.2) is 9.59 Å². The third kappa shape index (κ3) is 17.6. The van der Waals surface area contributed by atoms with Crippen molar-refractivity contribution < 1.29 is 53.4 Å². The zero-order valence-electron chi connectivity index (χ0n) is 32.1. The highest BCUT2D eigenvalue weighted by atomic mass is 16.8. The van der Waals surface area contributed by atoms with E-state index >= 15 is 0 Å². The van der Waals surface area contributed by atoms with Gasteiger partial charge in [-0.3, -0.25) is 4.79 Å². The Morgan fingerprint density at radius 1 is 0.592 bits per heavy atom. The average molecular weight is 703 g/mol. The monoisotopic (exact) mass is 702 g/mol. The van der Waals surface area contributed by atoms with Crippen molar-refractivity contribution in [2.45, 2.75) is 151 Å². The van der Waals surface area contributed by atoms with E-state index in [1.807, 2.05) is 0 Å². The number of aliphatic hydroxyl groups excluding tert-OH is 3. The number of hydrogen-bond donors (Lipinski definition) is 3. The van der Waals surface area contributed by atoms with Crippen molar-refractivity contribution in [3.8, 4) is 0 Å². The molecular formula is C38H70O11. The Balaban J connectivity index is 0.000000372. The van der Waals surface area contributed by atoms with Crippen LogP contribution in [0.2, 0.25) is 0 Å². The van der Waals surface area contributed by atoms with Gasteiger partial charge >= 0.3 is 18.3 Å². The van der Waals surface area contributed by atoms with Crippen LogP contribution in [-0.4, -0.2) is 78.0 Å². The molecule has 3 N–H and O–H groups in total. The molecule has 0 aromatic carbocycles. The first-order valence-corrected chi connectivity index (χ1v) is 18.7. The predicted molar refractivity (Wildman–Crippen MR) is 187 cm³/mol. The third-order valence-electron chi connectivity index (χ3n) is 10.5. The van der Waals surface area contributed by atoms with Crippen LogP contribution in [-0.2, 0) is 28.5 Å². The van der Waals surface area contributed by atoms with Gasteiger partial charge in [0.15, 0.2) is 6.79 Å². The summed E-state index contributed by atoms with van der Waals surface area (Å²) in [6, 6.07) is 0. The summed E-state index contributed by atoms with van der Waals surface area (Å²) in [5.41, 5.74) is 0. The molecule has 288 valence electrons. The minimum Gasteiger partial charge on any atom is -0.462 e. The minimum atomic E-state index is -1.04. The van der Waals surface area contributed by atoms with E-state index in [4.69, 9.17) is 34.3 Å². The maximum atomic E-state index is 11.6. The first kappa shape index (κ1) is 44.9. The third-order valence-corrected chi connectivity index (χ3v) is 10.5. The Bertz CT molecular complexity index is 939. The fourth-order valence-corrected chi connectivity index (χ4v) is 7.55. The number of carbonyl (C=O) groups is 3. The van der Waals surface area contributed by atoms with Crippen molar-refractivity contribution >= 4 is 18.3 Å². The Hall–Kier alpha value is -2.11. The summed E-state index contributed by atoms with van der Waals surface area (Å²) in [5, 5.41) is 26.2. The predicted octanol–water partition coefficient (Wildman–Crippen LogP) is 7.51. The summed E-state index contributed by atoms with van der Waals surface area (Å²) in [6.45, 7) is 19.8. The highest BCUT2D eigenvalue weighted by Gasteiger charge is 2.35. The number of esters is 1. The fraction of sp³-hybridized carbons (Fsp3) is 0.921. The molecule has 3 fully saturated rings. The smallest absolute Gasteiger partial charge is 0.462 e. The van der Waals surface area contributed by atoms with Crippen molar-refractivity contribution in [3.63, 3.8) is 0 Å². The van der Waals surface area contributed by atoms with Gasteiger partial charge < -0.3 is 39.0 Å². The van der Waals surface area contributed by atoms with Crippen LogP contribution in [0.1, 0.15) is 127 Å². The Labute approximate surface area is 296 Å². The Kier molecular flexibility index (Phi) is 21.4. The first-order chi connectivity index (χ1) is 23.0. The number of hydrogen-bond acceptors (Lipinski definition) is 11. The van der Waals surface area contributed by atoms with Crippen LogP contribution in [0.3, 0.4) is 0 Å². The van der Waals surface area contributed by atoms with E-state index in [-0.39, 0.29) is 30.9 Å². The Morgan fingerprint density at radius 2 is 0.939 bits per heavy atom. The van der Waals surface area contributed by atoms with Gasteiger partial charge in [0.1, 0.15) is 31.0 Å². The van der Waals surface area contributed by atoms with Gasteiger partial charge in [-0.05, 0) is 91.8 Å². The van der Waals surface area contributed by atoms with E-state index in [0.717, 1.165) is 32.1 Å². The van der Waals surface area contributed by atoms with E-state index in [1.54, 1.807) is 0 Å². The largest absolute Gasteiger partial charge is 0.510 e. The van der Waals surface area contributed by atoms with E-state index in [9.17, 15) is 14.4 Å². The zero-order chi connectivity index (χ0) is 37.3. The average Bonchev–Trinajstić information content (AvgIpc) is 3.00. The second-order valence-corrected chi connectivity index (χ2v) is 15.9. The quantitative estimate of drug-likeness (QED) is 0.117. The van der Waals surface area contributed by atoms with Crippen LogP contribution in [0, 0.1) is 53.3 Å². The molecule has 0 heterocycles. The van der Waals surface area contributed by atoms with Crippen molar-refractivity contribution in [1.29, 1.82) is 0 Å². The number of ether oxygens (including phenoxy) is 5. The molecule has 0 bridgehead atoms. The standard InChI is InChI=1S/C14H26O5.C12H22O4.C12H22O2/c1-9(2)12-5-4-10(3)6-13(12)19-14(17)18-8-11(16)7-15;1-8(2)10-5-4-9(3)6-11(10)16-12(14)15-7-13;1-8(2)11-6-5-9(3)7-12(11)14-10(4)13/h9-13,15-16H,4-8H2,1-3H3;8-11,13H,4-7H2,1-3H3;8-9,11-12H,5-7H2,1-4H3/t10-,11?,12+,13-;9-,10+,11-;9-,11+,12-/m111/s1. The van der Waals surface area contributed by atoms with Crippen molar-refractivity contribution in [2.24, 2.45) is 53.3 Å². The summed E-state index contributed by atoms with van der Waals surface area (Å²) in [4.78, 5) is 33.7. The molecular weight excluding hydrogens is 632 g/mol. The van der Waals surface area contributed by atoms with Crippen LogP contribution >= 0.6 is 0 Å². The van der Waals surface area contributed by atoms with Crippen molar-refractivity contribution in [3.05, 3.63) is 0 Å². The summed E-state index contributed by atoms with van der Waals surface area (Å²) in [7, 11) is 0. The molecule has 0 aromatic heterocycles. The second kappa shape index (κ2) is 23.4. The highest BCUT2D eigenvalue weighted by Crippen LogP contribution is 2.37. The lowest BCUT2D eigenvalue weighted by Crippen LogP contribution is -2.36. The van der Waals surface area contributed by atoms with E-state index < -0.39 is 31.8 Å². The van der Waals surface area contributed by atoms with Gasteiger partial charge in [0, 0.05) is 6.92 Å². The van der Waals surface area contributed by atoms with Gasteiger partial charge in [-0.1, -0.05) is 81.6 Å². The lowest BCUT2D eigenvalue weighted by molar-refractivity contribution is -0.153. The van der Waals surface area contributed by atoms with Crippen LogP contribution in [0.15, 0.2) is 0 Å². The summed E-state index contributed by atoms with van der Waals surface area (Å²) < 4.78 is 25.2. The molecule has 0 amide bonds. The van der Waals surface area contributed by atoms with E-state index in [1.165, 1.54) is 32.6 Å². The Morgan fingerprint density at radius 3 is 1.24 bits per heavy atom. The molecule has 10 atom stereocenters. The van der Waals surface area contributed by atoms with E-state index in [0.29, 0.717) is 53.3 Å². The molecule has 3 aliphatic rings. The lowest BCUT2D eigenvalue weighted by atomic mass is 9.75. The van der Waals surface area contributed by atoms with Crippen molar-refractivity contribution in [1.82, 2.24) is 0 Å². The molecule has 0 spiro atoms. The SMILES string of the molecule is CC(=O)O[C@@H]1C[C@H](C)CC[C@H]1C(C)C.CC(C)[C@@H]1CC[C@@H](C)C[C@H]1OC(=O)OCC(O)CO.CC(C)[C@@H]1CC[C@@H](C)C[C@H]1OC(=O)OCO. The maximum absolute atomic E-state index is 11.6. The first-order valence-electron chi connectivity index (χ1n) is 18.7. The van der Waals surface area contributed by atoms with Gasteiger partial charge in [-0.2, -0.15) is 0 Å². The van der Waals surface area contributed by atoms with Gasteiger partial charge in [0.2, 0.25) is 0 Å².